The van der Waals surface area contributed by atoms with Gasteiger partial charge >= 0.3 is 0 Å². The van der Waals surface area contributed by atoms with Crippen LogP contribution >= 0.6 is 11.6 Å². The van der Waals surface area contributed by atoms with Crippen LogP contribution < -0.4 is 16.1 Å². The Morgan fingerprint density at radius 1 is 1.03 bits per heavy atom. The smallest absolute Gasteiger partial charge is 0.274 e. The molecule has 162 valence electrons. The minimum atomic E-state index is -0.282. The van der Waals surface area contributed by atoms with Crippen molar-refractivity contribution >= 4 is 34.5 Å². The molecule has 1 amide bonds. The Hall–Kier alpha value is -3.46. The lowest BCUT2D eigenvalue weighted by atomic mass is 10.1. The van der Waals surface area contributed by atoms with E-state index in [2.05, 4.69) is 20.3 Å². The number of amides is 1. The number of hydrogen-bond donors (Lipinski definition) is 2. The maximum atomic E-state index is 13.1. The van der Waals surface area contributed by atoms with E-state index < -0.39 is 0 Å². The van der Waals surface area contributed by atoms with E-state index in [1.54, 1.807) is 28.0 Å². The van der Waals surface area contributed by atoms with Gasteiger partial charge in [0.1, 0.15) is 5.69 Å². The van der Waals surface area contributed by atoms with Gasteiger partial charge in [-0.05, 0) is 35.9 Å². The average Bonchev–Trinajstić information content (AvgIpc) is 3.23. The number of carbonyl (C=O) groups excluding carboxylic acids is 1. The van der Waals surface area contributed by atoms with Gasteiger partial charge in [0.25, 0.3) is 5.91 Å². The van der Waals surface area contributed by atoms with Crippen molar-refractivity contribution in [2.45, 2.75) is 0 Å². The molecule has 3 heterocycles. The van der Waals surface area contributed by atoms with Crippen LogP contribution in [0, 0.1) is 0 Å². The third-order valence-corrected chi connectivity index (χ3v) is 5.78. The normalized spacial score (nSPS) is 14.6. The van der Waals surface area contributed by atoms with Gasteiger partial charge in [-0.25, -0.2) is 14.5 Å². The molecular formula is C23H22ClN7O. The summed E-state index contributed by atoms with van der Waals surface area (Å²) in [5.41, 5.74) is 4.31. The number of benzene rings is 2. The minimum Gasteiger partial charge on any atom is -0.367 e. The van der Waals surface area contributed by atoms with E-state index >= 15 is 0 Å². The number of aromatic nitrogens is 3. The van der Waals surface area contributed by atoms with Crippen LogP contribution in [0.15, 0.2) is 67.0 Å². The highest BCUT2D eigenvalue weighted by molar-refractivity contribution is 6.30. The third kappa shape index (κ3) is 4.03. The number of halogens is 1. The molecule has 0 spiro atoms. The topological polar surface area (TPSA) is 91.8 Å². The number of piperazine rings is 1. The second-order valence-corrected chi connectivity index (χ2v) is 8.08. The zero-order valence-electron chi connectivity index (χ0n) is 17.3. The summed E-state index contributed by atoms with van der Waals surface area (Å²) < 4.78 is 1.65. The van der Waals surface area contributed by atoms with E-state index in [-0.39, 0.29) is 5.91 Å². The Bertz CT molecular complexity index is 1280. The lowest BCUT2D eigenvalue weighted by Gasteiger charge is -2.34. The zero-order valence-corrected chi connectivity index (χ0v) is 18.0. The van der Waals surface area contributed by atoms with Gasteiger partial charge in [-0.3, -0.25) is 10.6 Å². The molecule has 4 aromatic rings. The molecular weight excluding hydrogens is 426 g/mol. The summed E-state index contributed by atoms with van der Waals surface area (Å²) in [6.07, 6.45) is 3.46. The Balaban J connectivity index is 1.43. The molecule has 9 heteroatoms. The van der Waals surface area contributed by atoms with Gasteiger partial charge in [-0.2, -0.15) is 5.10 Å². The number of nitrogens with two attached hydrogens (primary N) is 1. The molecule has 0 unspecified atom stereocenters. The predicted octanol–water partition coefficient (Wildman–Crippen LogP) is 3.30. The van der Waals surface area contributed by atoms with Crippen LogP contribution in [0.2, 0.25) is 5.02 Å². The van der Waals surface area contributed by atoms with Crippen molar-refractivity contribution in [1.82, 2.24) is 19.6 Å². The largest absolute Gasteiger partial charge is 0.367 e. The first-order valence-corrected chi connectivity index (χ1v) is 10.7. The second kappa shape index (κ2) is 8.58. The van der Waals surface area contributed by atoms with Crippen LogP contribution in [-0.4, -0.2) is 51.7 Å². The molecule has 32 heavy (non-hydrogen) atoms. The third-order valence-electron chi connectivity index (χ3n) is 5.54. The van der Waals surface area contributed by atoms with Crippen molar-refractivity contribution in [3.05, 3.63) is 77.7 Å². The molecule has 1 fully saturated rings. The molecule has 5 rings (SSSR count). The van der Waals surface area contributed by atoms with Crippen LogP contribution in [0.1, 0.15) is 10.5 Å². The molecule has 2 aromatic heterocycles. The van der Waals surface area contributed by atoms with Crippen LogP contribution in [0.5, 0.6) is 0 Å². The lowest BCUT2D eigenvalue weighted by Crippen LogP contribution is -2.49. The maximum absolute atomic E-state index is 13.1. The molecule has 0 aliphatic carbocycles. The molecule has 2 aromatic carbocycles. The summed E-state index contributed by atoms with van der Waals surface area (Å²) in [6, 6.07) is 16.9. The summed E-state index contributed by atoms with van der Waals surface area (Å²) in [5.74, 6) is 5.60. The summed E-state index contributed by atoms with van der Waals surface area (Å²) >= 11 is 6.15. The first-order chi connectivity index (χ1) is 15.6. The Morgan fingerprint density at radius 2 is 1.84 bits per heavy atom. The van der Waals surface area contributed by atoms with Crippen LogP contribution in [0.3, 0.4) is 0 Å². The second-order valence-electron chi connectivity index (χ2n) is 7.64. The first-order valence-electron chi connectivity index (χ1n) is 10.3. The monoisotopic (exact) mass is 447 g/mol. The molecule has 1 saturated heterocycles. The highest BCUT2D eigenvalue weighted by Crippen LogP contribution is 2.28. The molecule has 0 radical (unpaired) electrons. The Labute approximate surface area is 190 Å². The quantitative estimate of drug-likeness (QED) is 0.466. The highest BCUT2D eigenvalue weighted by Gasteiger charge is 2.19. The van der Waals surface area contributed by atoms with Crippen molar-refractivity contribution in [2.75, 3.05) is 36.4 Å². The van der Waals surface area contributed by atoms with E-state index in [4.69, 9.17) is 17.4 Å². The summed E-state index contributed by atoms with van der Waals surface area (Å²) in [5, 5.41) is 9.80. The fourth-order valence-electron chi connectivity index (χ4n) is 3.86. The molecule has 1 aliphatic heterocycles. The van der Waals surface area contributed by atoms with Crippen molar-refractivity contribution in [3.63, 3.8) is 0 Å². The molecule has 1 aliphatic rings. The van der Waals surface area contributed by atoms with Gasteiger partial charge < -0.3 is 10.2 Å². The van der Waals surface area contributed by atoms with Crippen LogP contribution in [0.4, 0.5) is 11.4 Å². The molecule has 8 nitrogen and oxygen atoms in total. The van der Waals surface area contributed by atoms with E-state index in [0.29, 0.717) is 16.4 Å². The standard InChI is InChI=1S/C23H22ClN7O/c24-17-5-3-4-16(14-17)18-15-26-31-9-8-20(27-22(18)31)23(32)28-19-6-1-2-7-21(19)29-10-12-30(25)13-11-29/h1-9,14-15H,10-13,25H2,(H,28,32). The van der Waals surface area contributed by atoms with Gasteiger partial charge in [0.15, 0.2) is 5.65 Å². The molecule has 0 saturated carbocycles. The van der Waals surface area contributed by atoms with Crippen molar-refractivity contribution in [3.8, 4) is 11.1 Å². The van der Waals surface area contributed by atoms with Gasteiger partial charge in [0.05, 0.1) is 17.6 Å². The summed E-state index contributed by atoms with van der Waals surface area (Å²) in [7, 11) is 0. The molecule has 3 N–H and O–H groups in total. The number of hydrazine groups is 1. The van der Waals surface area contributed by atoms with Gasteiger partial charge in [0.2, 0.25) is 0 Å². The van der Waals surface area contributed by atoms with Gasteiger partial charge in [-0.1, -0.05) is 35.9 Å². The summed E-state index contributed by atoms with van der Waals surface area (Å²) in [4.78, 5) is 19.9. The maximum Gasteiger partial charge on any atom is 0.274 e. The predicted molar refractivity (Wildman–Crippen MR) is 126 cm³/mol. The van der Waals surface area contributed by atoms with Crippen molar-refractivity contribution in [1.29, 1.82) is 0 Å². The fraction of sp³-hybridized carbons (Fsp3) is 0.174. The first kappa shape index (κ1) is 20.4. The average molecular weight is 448 g/mol. The van der Waals surface area contributed by atoms with Crippen molar-refractivity contribution in [2.24, 2.45) is 5.84 Å². The molecule has 0 atom stereocenters. The van der Waals surface area contributed by atoms with E-state index in [1.165, 1.54) is 0 Å². The van der Waals surface area contributed by atoms with Crippen molar-refractivity contribution < 1.29 is 4.79 Å². The van der Waals surface area contributed by atoms with Crippen LogP contribution in [-0.2, 0) is 0 Å². The number of nitrogens with one attached hydrogen (secondary N) is 1. The Kier molecular flexibility index (Phi) is 5.48. The number of para-hydroxylation sites is 2. The van der Waals surface area contributed by atoms with E-state index in [1.807, 2.05) is 48.5 Å². The number of fused-ring (bicyclic) bond motifs is 1. The van der Waals surface area contributed by atoms with Gasteiger partial charge in [-0.15, -0.1) is 0 Å². The molecule has 0 bridgehead atoms. The SMILES string of the molecule is NN1CCN(c2ccccc2NC(=O)c2ccn3ncc(-c4cccc(Cl)c4)c3n2)CC1. The lowest BCUT2D eigenvalue weighted by molar-refractivity contribution is 0.102. The number of anilines is 2. The van der Waals surface area contributed by atoms with Gasteiger partial charge in [0, 0.05) is 43.0 Å². The number of nitrogens with zero attached hydrogens (tertiary/aromatic N) is 5. The number of hydrogen-bond acceptors (Lipinski definition) is 6. The fourth-order valence-corrected chi connectivity index (χ4v) is 4.05. The highest BCUT2D eigenvalue weighted by atomic mass is 35.5. The van der Waals surface area contributed by atoms with Crippen LogP contribution in [0.25, 0.3) is 16.8 Å². The zero-order chi connectivity index (χ0) is 22.1. The minimum absolute atomic E-state index is 0.282. The number of rotatable bonds is 4. The van der Waals surface area contributed by atoms with E-state index in [0.717, 1.165) is 48.7 Å². The Morgan fingerprint density at radius 3 is 2.66 bits per heavy atom. The van der Waals surface area contributed by atoms with E-state index in [9.17, 15) is 4.79 Å². The summed E-state index contributed by atoms with van der Waals surface area (Å²) in [6.45, 7) is 3.14. The number of carbonyl (C=O) groups is 1.